The molecular formula is C12H18N4S. The lowest BCUT2D eigenvalue weighted by Crippen LogP contribution is -2.26. The Kier molecular flexibility index (Phi) is 3.18. The third-order valence-electron chi connectivity index (χ3n) is 3.43. The number of rotatable bonds is 3. The largest absolute Gasteiger partial charge is 0.212 e. The summed E-state index contributed by atoms with van der Waals surface area (Å²) in [7, 11) is 0. The first kappa shape index (κ1) is 11.3. The van der Waals surface area contributed by atoms with Crippen LogP contribution in [0.5, 0.6) is 0 Å². The van der Waals surface area contributed by atoms with Crippen LogP contribution >= 0.6 is 11.8 Å². The molecule has 0 radical (unpaired) electrons. The van der Waals surface area contributed by atoms with E-state index in [-0.39, 0.29) is 0 Å². The van der Waals surface area contributed by atoms with E-state index >= 15 is 0 Å². The number of fused-ring (bicyclic) bond motifs is 2. The van der Waals surface area contributed by atoms with E-state index in [1.807, 2.05) is 16.4 Å². The predicted molar refractivity (Wildman–Crippen MR) is 69.6 cm³/mol. The molecule has 1 fully saturated rings. The van der Waals surface area contributed by atoms with Crippen LogP contribution in [-0.4, -0.2) is 25.8 Å². The molecule has 0 N–H and O–H groups in total. The van der Waals surface area contributed by atoms with Gasteiger partial charge in [-0.2, -0.15) is 9.78 Å². The van der Waals surface area contributed by atoms with Gasteiger partial charge in [-0.3, -0.25) is 0 Å². The summed E-state index contributed by atoms with van der Waals surface area (Å²) in [5.74, 6) is 1.03. The Hall–Kier alpha value is -0.840. The lowest BCUT2D eigenvalue weighted by molar-refractivity contribution is 0.622. The second-order valence-electron chi connectivity index (χ2n) is 4.76. The average molecular weight is 250 g/mol. The monoisotopic (exact) mass is 250 g/mol. The topological polar surface area (TPSA) is 43.1 Å². The maximum atomic E-state index is 4.77. The van der Waals surface area contributed by atoms with E-state index < -0.39 is 0 Å². The Morgan fingerprint density at radius 1 is 1.35 bits per heavy atom. The Balaban J connectivity index is 1.87. The molecule has 4 nitrogen and oxygen atoms in total. The highest BCUT2D eigenvalue weighted by molar-refractivity contribution is 8.00. The molecule has 0 aromatic carbocycles. The third kappa shape index (κ3) is 2.12. The molecule has 2 heterocycles. The van der Waals surface area contributed by atoms with Crippen LogP contribution in [0.4, 0.5) is 0 Å². The molecule has 1 unspecified atom stereocenters. The molecule has 17 heavy (non-hydrogen) atoms. The predicted octanol–water partition coefficient (Wildman–Crippen LogP) is 2.87. The number of thioether (sulfide) groups is 1. The van der Waals surface area contributed by atoms with E-state index in [1.165, 1.54) is 31.4 Å². The third-order valence-corrected chi connectivity index (χ3v) is 4.69. The molecule has 2 aliphatic rings. The fraction of sp³-hybridized carbons (Fsp3) is 0.750. The minimum atomic E-state index is 0.569. The molecule has 0 bridgehead atoms. The molecule has 3 rings (SSSR count). The van der Waals surface area contributed by atoms with Crippen molar-refractivity contribution in [2.75, 3.05) is 0 Å². The summed E-state index contributed by atoms with van der Waals surface area (Å²) in [6, 6.07) is 0. The zero-order valence-corrected chi connectivity index (χ0v) is 11.0. The van der Waals surface area contributed by atoms with Crippen molar-refractivity contribution in [3.63, 3.8) is 0 Å². The summed E-state index contributed by atoms with van der Waals surface area (Å²) in [5, 5.41) is 14.9. The Bertz CT molecular complexity index is 438. The van der Waals surface area contributed by atoms with Crippen molar-refractivity contribution < 1.29 is 0 Å². The number of nitrogens with zero attached hydrogens (tertiary/aromatic N) is 4. The summed E-state index contributed by atoms with van der Waals surface area (Å²) >= 11 is 1.85. The van der Waals surface area contributed by atoms with Crippen LogP contribution in [0, 0.1) is 0 Å². The highest BCUT2D eigenvalue weighted by Crippen LogP contribution is 2.35. The lowest BCUT2D eigenvalue weighted by atomic mass is 9.98. The molecule has 0 spiro atoms. The van der Waals surface area contributed by atoms with Crippen molar-refractivity contribution in [1.29, 1.82) is 0 Å². The minimum Gasteiger partial charge on any atom is -0.191 e. The smallest absolute Gasteiger partial charge is 0.191 e. The van der Waals surface area contributed by atoms with Crippen molar-refractivity contribution >= 4 is 17.5 Å². The first-order valence-corrected chi connectivity index (χ1v) is 7.45. The second kappa shape index (κ2) is 4.80. The Morgan fingerprint density at radius 3 is 3.18 bits per heavy atom. The van der Waals surface area contributed by atoms with Crippen molar-refractivity contribution in [1.82, 2.24) is 14.9 Å². The molecule has 1 aromatic rings. The number of aromatic nitrogens is 3. The molecule has 0 amide bonds. The maximum Gasteiger partial charge on any atom is 0.212 e. The maximum absolute atomic E-state index is 4.77. The molecule has 1 aliphatic heterocycles. The minimum absolute atomic E-state index is 0.569. The van der Waals surface area contributed by atoms with E-state index in [2.05, 4.69) is 17.1 Å². The zero-order chi connectivity index (χ0) is 11.7. The van der Waals surface area contributed by atoms with Crippen LogP contribution in [0.1, 0.15) is 51.3 Å². The fourth-order valence-corrected chi connectivity index (χ4v) is 3.59. The Labute approximate surface area is 106 Å². The van der Waals surface area contributed by atoms with Crippen LogP contribution in [0.3, 0.4) is 0 Å². The summed E-state index contributed by atoms with van der Waals surface area (Å²) in [5.41, 5.74) is 1.35. The highest BCUT2D eigenvalue weighted by atomic mass is 32.2. The van der Waals surface area contributed by atoms with Crippen LogP contribution in [0.15, 0.2) is 10.3 Å². The number of aryl methyl sites for hydroxylation is 1. The van der Waals surface area contributed by atoms with Gasteiger partial charge in [0.1, 0.15) is 0 Å². The summed E-state index contributed by atoms with van der Waals surface area (Å²) in [6.45, 7) is 2.20. The van der Waals surface area contributed by atoms with Gasteiger partial charge in [0.2, 0.25) is 5.16 Å². The first-order chi connectivity index (χ1) is 8.38. The molecule has 1 atom stereocenters. The zero-order valence-electron chi connectivity index (χ0n) is 10.2. The summed E-state index contributed by atoms with van der Waals surface area (Å²) in [6.07, 6.45) is 8.37. The SMILES string of the molecule is CCCCc1nnc2n1N=C1CCCCC1S2. The van der Waals surface area contributed by atoms with Gasteiger partial charge in [0.25, 0.3) is 0 Å². The van der Waals surface area contributed by atoms with Gasteiger partial charge in [0.05, 0.1) is 11.0 Å². The van der Waals surface area contributed by atoms with Gasteiger partial charge in [-0.1, -0.05) is 31.5 Å². The summed E-state index contributed by atoms with van der Waals surface area (Å²) in [4.78, 5) is 0. The van der Waals surface area contributed by atoms with Gasteiger partial charge in [-0.15, -0.1) is 10.2 Å². The van der Waals surface area contributed by atoms with Crippen LogP contribution in [-0.2, 0) is 6.42 Å². The van der Waals surface area contributed by atoms with Gasteiger partial charge in [-0.25, -0.2) is 0 Å². The molecular weight excluding hydrogens is 232 g/mol. The van der Waals surface area contributed by atoms with Crippen molar-refractivity contribution in [2.24, 2.45) is 5.10 Å². The summed E-state index contributed by atoms with van der Waals surface area (Å²) < 4.78 is 1.98. The van der Waals surface area contributed by atoms with Crippen LogP contribution < -0.4 is 0 Å². The van der Waals surface area contributed by atoms with Gasteiger partial charge in [0.15, 0.2) is 5.82 Å². The molecule has 1 aromatic heterocycles. The number of hydrogen-bond donors (Lipinski definition) is 0. The molecule has 1 aliphatic carbocycles. The van der Waals surface area contributed by atoms with Gasteiger partial charge in [-0.05, 0) is 25.7 Å². The quantitative estimate of drug-likeness (QED) is 0.828. The van der Waals surface area contributed by atoms with Gasteiger partial charge in [0, 0.05) is 6.42 Å². The molecule has 0 saturated heterocycles. The number of unbranched alkanes of at least 4 members (excludes halogenated alkanes) is 1. The van der Waals surface area contributed by atoms with Crippen LogP contribution in [0.25, 0.3) is 0 Å². The lowest BCUT2D eigenvalue weighted by Gasteiger charge is -2.26. The second-order valence-corrected chi connectivity index (χ2v) is 5.93. The molecule has 5 heteroatoms. The van der Waals surface area contributed by atoms with Crippen molar-refractivity contribution in [2.45, 2.75) is 62.3 Å². The highest BCUT2D eigenvalue weighted by Gasteiger charge is 2.29. The standard InChI is InChI=1S/C12H18N4S/c1-2-3-8-11-13-14-12-16(11)15-9-6-4-5-7-10(9)17-12/h10H,2-8H2,1H3. The molecule has 1 saturated carbocycles. The van der Waals surface area contributed by atoms with Crippen molar-refractivity contribution in [3.05, 3.63) is 5.82 Å². The fourth-order valence-electron chi connectivity index (χ4n) is 2.42. The Morgan fingerprint density at radius 2 is 2.29 bits per heavy atom. The van der Waals surface area contributed by atoms with Crippen LogP contribution in [0.2, 0.25) is 0 Å². The average Bonchev–Trinajstić information content (AvgIpc) is 2.76. The molecule has 92 valence electrons. The van der Waals surface area contributed by atoms with Crippen molar-refractivity contribution in [3.8, 4) is 0 Å². The van der Waals surface area contributed by atoms with E-state index in [0.717, 1.165) is 30.2 Å². The van der Waals surface area contributed by atoms with Gasteiger partial charge < -0.3 is 0 Å². The van der Waals surface area contributed by atoms with E-state index in [1.54, 1.807) is 0 Å². The normalized spacial score (nSPS) is 22.9. The number of hydrogen-bond acceptors (Lipinski definition) is 4. The van der Waals surface area contributed by atoms with E-state index in [0.29, 0.717) is 5.25 Å². The van der Waals surface area contributed by atoms with E-state index in [4.69, 9.17) is 5.10 Å². The van der Waals surface area contributed by atoms with E-state index in [9.17, 15) is 0 Å². The van der Waals surface area contributed by atoms with Gasteiger partial charge >= 0.3 is 0 Å². The first-order valence-electron chi connectivity index (χ1n) is 6.57.